The minimum Gasteiger partial charge on any atom is -0.339 e. The van der Waals surface area contributed by atoms with Crippen molar-refractivity contribution in [3.63, 3.8) is 0 Å². The lowest BCUT2D eigenvalue weighted by Gasteiger charge is -2.19. The van der Waals surface area contributed by atoms with Crippen molar-refractivity contribution in [2.45, 2.75) is 6.04 Å². The van der Waals surface area contributed by atoms with Gasteiger partial charge in [-0.2, -0.15) is 0 Å². The molecular weight excluding hydrogens is 322 g/mol. The highest BCUT2D eigenvalue weighted by atomic mass is 16.1. The lowest BCUT2D eigenvalue weighted by molar-refractivity contribution is 0.0942. The Labute approximate surface area is 151 Å². The number of pyridine rings is 2. The van der Waals surface area contributed by atoms with E-state index >= 15 is 0 Å². The molecule has 0 saturated heterocycles. The largest absolute Gasteiger partial charge is 0.339 e. The van der Waals surface area contributed by atoms with Crippen LogP contribution in [0.1, 0.15) is 27.7 Å². The molecule has 2 aromatic heterocycles. The highest BCUT2D eigenvalue weighted by Crippen LogP contribution is 2.21. The summed E-state index contributed by atoms with van der Waals surface area (Å²) in [6.45, 7) is 0. The Hall–Kier alpha value is -3.53. The molecule has 0 spiro atoms. The molecule has 1 unspecified atom stereocenters. The van der Waals surface area contributed by atoms with E-state index in [0.717, 1.165) is 22.2 Å². The first kappa shape index (κ1) is 16.0. The van der Waals surface area contributed by atoms with E-state index in [1.54, 1.807) is 12.4 Å². The summed E-state index contributed by atoms with van der Waals surface area (Å²) in [6.07, 6.45) is 3.34. The molecule has 126 valence electrons. The molecule has 26 heavy (non-hydrogen) atoms. The third kappa shape index (κ3) is 3.30. The molecule has 4 rings (SSSR count). The lowest BCUT2D eigenvalue weighted by atomic mass is 10.0. The van der Waals surface area contributed by atoms with Crippen LogP contribution in [-0.4, -0.2) is 15.9 Å². The van der Waals surface area contributed by atoms with Crippen molar-refractivity contribution in [2.75, 3.05) is 0 Å². The highest BCUT2D eigenvalue weighted by molar-refractivity contribution is 5.97. The Morgan fingerprint density at radius 1 is 0.846 bits per heavy atom. The van der Waals surface area contributed by atoms with Gasteiger partial charge in [0, 0.05) is 17.8 Å². The minimum absolute atomic E-state index is 0.178. The number of para-hydroxylation sites is 1. The van der Waals surface area contributed by atoms with E-state index in [1.165, 1.54) is 0 Å². The zero-order valence-electron chi connectivity index (χ0n) is 14.0. The van der Waals surface area contributed by atoms with E-state index in [1.807, 2.05) is 78.9 Å². The fraction of sp³-hybridized carbons (Fsp3) is 0.0455. The van der Waals surface area contributed by atoms with Crippen molar-refractivity contribution < 1.29 is 4.79 Å². The Morgan fingerprint density at radius 3 is 2.42 bits per heavy atom. The van der Waals surface area contributed by atoms with E-state index in [0.29, 0.717) is 5.56 Å². The number of nitrogens with one attached hydrogen (secondary N) is 1. The summed E-state index contributed by atoms with van der Waals surface area (Å²) in [5.74, 6) is -0.178. The number of benzene rings is 2. The summed E-state index contributed by atoms with van der Waals surface area (Å²) in [5.41, 5.74) is 3.17. The van der Waals surface area contributed by atoms with Gasteiger partial charge in [0.05, 0.1) is 22.8 Å². The third-order valence-corrected chi connectivity index (χ3v) is 4.24. The van der Waals surface area contributed by atoms with Crippen molar-refractivity contribution in [3.05, 3.63) is 108 Å². The topological polar surface area (TPSA) is 54.9 Å². The minimum atomic E-state index is -0.323. The van der Waals surface area contributed by atoms with Crippen LogP contribution in [0.15, 0.2) is 91.3 Å². The summed E-state index contributed by atoms with van der Waals surface area (Å²) in [4.78, 5) is 21.7. The van der Waals surface area contributed by atoms with Crippen molar-refractivity contribution in [1.82, 2.24) is 15.3 Å². The van der Waals surface area contributed by atoms with Crippen molar-refractivity contribution >= 4 is 16.8 Å². The molecule has 0 saturated carbocycles. The van der Waals surface area contributed by atoms with Crippen LogP contribution < -0.4 is 5.32 Å². The summed E-state index contributed by atoms with van der Waals surface area (Å²) < 4.78 is 0. The molecule has 0 bridgehead atoms. The van der Waals surface area contributed by atoms with Crippen molar-refractivity contribution in [1.29, 1.82) is 0 Å². The van der Waals surface area contributed by atoms with Gasteiger partial charge in [-0.3, -0.25) is 14.8 Å². The zero-order chi connectivity index (χ0) is 17.8. The van der Waals surface area contributed by atoms with Gasteiger partial charge in [-0.25, -0.2) is 0 Å². The molecule has 0 aliphatic rings. The number of nitrogens with zero attached hydrogens (tertiary/aromatic N) is 2. The fourth-order valence-corrected chi connectivity index (χ4v) is 2.93. The van der Waals surface area contributed by atoms with Gasteiger partial charge in [-0.15, -0.1) is 0 Å². The molecule has 1 N–H and O–H groups in total. The zero-order valence-corrected chi connectivity index (χ0v) is 14.0. The molecular formula is C22H17N3O. The third-order valence-electron chi connectivity index (χ3n) is 4.24. The summed E-state index contributed by atoms with van der Waals surface area (Å²) >= 11 is 0. The van der Waals surface area contributed by atoms with E-state index < -0.39 is 0 Å². The second-order valence-corrected chi connectivity index (χ2v) is 5.99. The van der Waals surface area contributed by atoms with E-state index in [-0.39, 0.29) is 11.9 Å². The van der Waals surface area contributed by atoms with Crippen LogP contribution >= 0.6 is 0 Å². The van der Waals surface area contributed by atoms with Gasteiger partial charge in [-0.05, 0) is 29.8 Å². The molecule has 4 aromatic rings. The average Bonchev–Trinajstić information content (AvgIpc) is 2.72. The van der Waals surface area contributed by atoms with Crippen LogP contribution in [0.5, 0.6) is 0 Å². The number of carbonyl (C=O) groups excluding carboxylic acids is 1. The number of hydrogen-bond acceptors (Lipinski definition) is 3. The molecule has 0 fully saturated rings. The predicted molar refractivity (Wildman–Crippen MR) is 102 cm³/mol. The standard InChI is InChI=1S/C22H17N3O/c26-22(18-14-17-10-4-5-11-19(17)24-15-18)25-21(16-8-2-1-3-9-16)20-12-6-7-13-23-20/h1-15,21H,(H,25,26). The maximum atomic E-state index is 12.9. The maximum absolute atomic E-state index is 12.9. The summed E-state index contributed by atoms with van der Waals surface area (Å²) in [5, 5.41) is 4.03. The van der Waals surface area contributed by atoms with Gasteiger partial charge >= 0.3 is 0 Å². The molecule has 1 amide bonds. The number of amides is 1. The van der Waals surface area contributed by atoms with Crippen LogP contribution in [0.2, 0.25) is 0 Å². The van der Waals surface area contributed by atoms with E-state index in [4.69, 9.17) is 0 Å². The average molecular weight is 339 g/mol. The van der Waals surface area contributed by atoms with Crippen LogP contribution in [-0.2, 0) is 0 Å². The van der Waals surface area contributed by atoms with E-state index in [2.05, 4.69) is 15.3 Å². The molecule has 0 radical (unpaired) electrons. The SMILES string of the molecule is O=C(NC(c1ccccc1)c1ccccn1)c1cnc2ccccc2c1. The number of fused-ring (bicyclic) bond motifs is 1. The summed E-state index contributed by atoms with van der Waals surface area (Å²) in [6, 6.07) is 24.8. The maximum Gasteiger partial charge on any atom is 0.253 e. The van der Waals surface area contributed by atoms with Gasteiger partial charge in [-0.1, -0.05) is 54.6 Å². The van der Waals surface area contributed by atoms with Crippen LogP contribution in [0.3, 0.4) is 0 Å². The normalized spacial score (nSPS) is 11.8. The number of hydrogen-bond donors (Lipinski definition) is 1. The first-order chi connectivity index (χ1) is 12.8. The molecule has 0 aliphatic heterocycles. The number of carbonyl (C=O) groups is 1. The Kier molecular flexibility index (Phi) is 4.39. The molecule has 2 heterocycles. The van der Waals surface area contributed by atoms with Gasteiger partial charge in [0.1, 0.15) is 0 Å². The second-order valence-electron chi connectivity index (χ2n) is 5.99. The Morgan fingerprint density at radius 2 is 1.62 bits per heavy atom. The molecule has 1 atom stereocenters. The number of aromatic nitrogens is 2. The molecule has 4 nitrogen and oxygen atoms in total. The quantitative estimate of drug-likeness (QED) is 0.608. The monoisotopic (exact) mass is 339 g/mol. The van der Waals surface area contributed by atoms with Gasteiger partial charge in [0.25, 0.3) is 5.91 Å². The highest BCUT2D eigenvalue weighted by Gasteiger charge is 2.19. The van der Waals surface area contributed by atoms with Crippen LogP contribution in [0, 0.1) is 0 Å². The smallest absolute Gasteiger partial charge is 0.253 e. The van der Waals surface area contributed by atoms with Crippen molar-refractivity contribution in [3.8, 4) is 0 Å². The molecule has 4 heteroatoms. The lowest BCUT2D eigenvalue weighted by Crippen LogP contribution is -2.30. The van der Waals surface area contributed by atoms with Gasteiger partial charge in [0.2, 0.25) is 0 Å². The van der Waals surface area contributed by atoms with Gasteiger partial charge < -0.3 is 5.32 Å². The molecule has 0 aliphatic carbocycles. The van der Waals surface area contributed by atoms with Crippen LogP contribution in [0.25, 0.3) is 10.9 Å². The van der Waals surface area contributed by atoms with E-state index in [9.17, 15) is 4.79 Å². The number of rotatable bonds is 4. The first-order valence-electron chi connectivity index (χ1n) is 8.43. The van der Waals surface area contributed by atoms with Crippen LogP contribution in [0.4, 0.5) is 0 Å². The Bertz CT molecular complexity index is 993. The van der Waals surface area contributed by atoms with Gasteiger partial charge in [0.15, 0.2) is 0 Å². The predicted octanol–water partition coefficient (Wildman–Crippen LogP) is 4.15. The Balaban J connectivity index is 1.67. The fourth-order valence-electron chi connectivity index (χ4n) is 2.93. The summed E-state index contributed by atoms with van der Waals surface area (Å²) in [7, 11) is 0. The van der Waals surface area contributed by atoms with Crippen molar-refractivity contribution in [2.24, 2.45) is 0 Å². The second kappa shape index (κ2) is 7.15. The first-order valence-corrected chi connectivity index (χ1v) is 8.43. The molecule has 2 aromatic carbocycles.